The number of hydrogen-bond acceptors (Lipinski definition) is 3. The Morgan fingerprint density at radius 1 is 1.47 bits per heavy atom. The molecule has 82 valence electrons. The maximum absolute atomic E-state index is 12.1. The van der Waals surface area contributed by atoms with E-state index in [4.69, 9.17) is 5.26 Å². The Morgan fingerprint density at radius 3 is 2.80 bits per heavy atom. The van der Waals surface area contributed by atoms with Crippen LogP contribution in [0.25, 0.3) is 0 Å². The van der Waals surface area contributed by atoms with Gasteiger partial charge in [-0.25, -0.2) is 0 Å². The molecule has 0 aromatic heterocycles. The molecular weight excluding hydrogens is 190 g/mol. The molecule has 1 aliphatic carbocycles. The van der Waals surface area contributed by atoms with E-state index in [1.54, 1.807) is 0 Å². The fourth-order valence-electron chi connectivity index (χ4n) is 2.13. The summed E-state index contributed by atoms with van der Waals surface area (Å²) in [5, 5.41) is 11.8. The third-order valence-electron chi connectivity index (χ3n) is 3.14. The first-order valence-electron chi connectivity index (χ1n) is 5.71. The molecule has 1 amide bonds. The van der Waals surface area contributed by atoms with E-state index in [2.05, 4.69) is 11.4 Å². The van der Waals surface area contributed by atoms with Crippen LogP contribution in [0, 0.1) is 17.2 Å². The maximum Gasteiger partial charge on any atom is 0.227 e. The number of hydrogen-bond donors (Lipinski definition) is 1. The van der Waals surface area contributed by atoms with Crippen molar-refractivity contribution >= 4 is 5.91 Å². The van der Waals surface area contributed by atoms with Gasteiger partial charge in [-0.15, -0.1) is 0 Å². The summed E-state index contributed by atoms with van der Waals surface area (Å²) in [7, 11) is 0. The summed E-state index contributed by atoms with van der Waals surface area (Å²) in [6.45, 7) is 2.39. The van der Waals surface area contributed by atoms with Gasteiger partial charge in [-0.05, 0) is 25.8 Å². The van der Waals surface area contributed by atoms with Gasteiger partial charge >= 0.3 is 0 Å². The van der Waals surface area contributed by atoms with Crippen LogP contribution in [0.15, 0.2) is 0 Å². The minimum absolute atomic E-state index is 0.157. The molecular formula is C11H17N3O. The molecule has 0 bridgehead atoms. The normalized spacial score (nSPS) is 24.9. The number of carbonyl (C=O) groups excluding carboxylic acids is 1. The first-order valence-corrected chi connectivity index (χ1v) is 5.71. The van der Waals surface area contributed by atoms with Gasteiger partial charge in [0.1, 0.15) is 0 Å². The van der Waals surface area contributed by atoms with Crippen molar-refractivity contribution in [1.82, 2.24) is 10.2 Å². The van der Waals surface area contributed by atoms with Crippen molar-refractivity contribution in [2.45, 2.75) is 31.7 Å². The smallest absolute Gasteiger partial charge is 0.227 e. The van der Waals surface area contributed by atoms with Gasteiger partial charge in [0.2, 0.25) is 5.91 Å². The molecule has 1 N–H and O–H groups in total. The van der Waals surface area contributed by atoms with E-state index in [1.165, 1.54) is 0 Å². The quantitative estimate of drug-likeness (QED) is 0.730. The molecule has 4 nitrogen and oxygen atoms in total. The summed E-state index contributed by atoms with van der Waals surface area (Å²) in [5.74, 6) is 0.419. The predicted octanol–water partition coefficient (Wildman–Crippen LogP) is 0.501. The molecule has 0 spiro atoms. The zero-order chi connectivity index (χ0) is 10.7. The largest absolute Gasteiger partial charge is 0.338 e. The predicted molar refractivity (Wildman–Crippen MR) is 55.9 cm³/mol. The van der Waals surface area contributed by atoms with Gasteiger partial charge in [0.25, 0.3) is 0 Å². The van der Waals surface area contributed by atoms with Gasteiger partial charge in [0.15, 0.2) is 0 Å². The second-order valence-corrected chi connectivity index (χ2v) is 4.36. The zero-order valence-corrected chi connectivity index (χ0v) is 8.91. The summed E-state index contributed by atoms with van der Waals surface area (Å²) in [5.41, 5.74) is 0. The van der Waals surface area contributed by atoms with Gasteiger partial charge in [-0.2, -0.15) is 5.26 Å². The van der Waals surface area contributed by atoms with Crippen LogP contribution in [-0.2, 0) is 4.79 Å². The van der Waals surface area contributed by atoms with Crippen LogP contribution in [0.4, 0.5) is 0 Å². The molecule has 0 aromatic rings. The lowest BCUT2D eigenvalue weighted by Crippen LogP contribution is -2.39. The average Bonchev–Trinajstić information content (AvgIpc) is 2.94. The Balaban J connectivity index is 1.91. The van der Waals surface area contributed by atoms with Crippen LogP contribution in [0.1, 0.15) is 25.7 Å². The van der Waals surface area contributed by atoms with E-state index in [9.17, 15) is 4.79 Å². The molecule has 2 fully saturated rings. The number of nitriles is 1. The van der Waals surface area contributed by atoms with Gasteiger partial charge in [-0.3, -0.25) is 4.79 Å². The number of nitrogens with zero attached hydrogens (tertiary/aromatic N) is 2. The third-order valence-corrected chi connectivity index (χ3v) is 3.14. The molecule has 1 atom stereocenters. The number of amides is 1. The van der Waals surface area contributed by atoms with Crippen LogP contribution in [0.5, 0.6) is 0 Å². The highest BCUT2D eigenvalue weighted by molar-refractivity contribution is 5.80. The van der Waals surface area contributed by atoms with Crippen LogP contribution < -0.4 is 5.32 Å². The van der Waals surface area contributed by atoms with Crippen molar-refractivity contribution in [3.63, 3.8) is 0 Å². The fraction of sp³-hybridized carbons (Fsp3) is 0.818. The fourth-order valence-corrected chi connectivity index (χ4v) is 2.13. The standard InChI is InChI=1S/C11H17N3O/c12-5-1-7-14(10-2-3-10)11(15)9-4-6-13-8-9/h9-10,13H,1-4,6-8H2. The summed E-state index contributed by atoms with van der Waals surface area (Å²) in [6, 6.07) is 2.55. The van der Waals surface area contributed by atoms with Gasteiger partial charge in [-0.1, -0.05) is 0 Å². The van der Waals surface area contributed by atoms with Crippen LogP contribution in [0.3, 0.4) is 0 Å². The van der Waals surface area contributed by atoms with Crippen molar-refractivity contribution < 1.29 is 4.79 Å². The highest BCUT2D eigenvalue weighted by atomic mass is 16.2. The zero-order valence-electron chi connectivity index (χ0n) is 8.91. The molecule has 15 heavy (non-hydrogen) atoms. The lowest BCUT2D eigenvalue weighted by Gasteiger charge is -2.24. The van der Waals surface area contributed by atoms with Gasteiger partial charge in [0.05, 0.1) is 18.4 Å². The van der Waals surface area contributed by atoms with Crippen molar-refractivity contribution in [3.8, 4) is 6.07 Å². The van der Waals surface area contributed by atoms with E-state index in [0.717, 1.165) is 32.4 Å². The number of nitrogens with one attached hydrogen (secondary N) is 1. The minimum Gasteiger partial charge on any atom is -0.338 e. The lowest BCUT2D eigenvalue weighted by molar-refractivity contribution is -0.135. The first kappa shape index (κ1) is 10.4. The van der Waals surface area contributed by atoms with E-state index in [1.807, 2.05) is 4.90 Å². The molecule has 2 aliphatic rings. The van der Waals surface area contributed by atoms with E-state index >= 15 is 0 Å². The Bertz CT molecular complexity index is 274. The summed E-state index contributed by atoms with van der Waals surface area (Å²) in [4.78, 5) is 14.0. The summed E-state index contributed by atoms with van der Waals surface area (Å²) >= 11 is 0. The molecule has 0 radical (unpaired) electrons. The van der Waals surface area contributed by atoms with E-state index < -0.39 is 0 Å². The third kappa shape index (κ3) is 2.48. The Hall–Kier alpha value is -1.08. The topological polar surface area (TPSA) is 56.1 Å². The van der Waals surface area contributed by atoms with E-state index in [-0.39, 0.29) is 11.8 Å². The van der Waals surface area contributed by atoms with Crippen LogP contribution in [-0.4, -0.2) is 36.5 Å². The van der Waals surface area contributed by atoms with Crippen LogP contribution in [0.2, 0.25) is 0 Å². The number of carbonyl (C=O) groups is 1. The monoisotopic (exact) mass is 207 g/mol. The van der Waals surface area contributed by atoms with Gasteiger partial charge < -0.3 is 10.2 Å². The Labute approximate surface area is 90.2 Å². The molecule has 1 aliphatic heterocycles. The molecule has 1 heterocycles. The molecule has 2 rings (SSSR count). The molecule has 0 aromatic carbocycles. The van der Waals surface area contributed by atoms with Crippen LogP contribution >= 0.6 is 0 Å². The molecule has 4 heteroatoms. The Kier molecular flexibility index (Phi) is 3.22. The highest BCUT2D eigenvalue weighted by Gasteiger charge is 2.36. The lowest BCUT2D eigenvalue weighted by atomic mass is 10.1. The second-order valence-electron chi connectivity index (χ2n) is 4.36. The van der Waals surface area contributed by atoms with Crippen molar-refractivity contribution in [1.29, 1.82) is 5.26 Å². The second kappa shape index (κ2) is 4.63. The maximum atomic E-state index is 12.1. The van der Waals surface area contributed by atoms with Gasteiger partial charge in [0, 0.05) is 19.1 Å². The molecule has 1 unspecified atom stereocenters. The van der Waals surface area contributed by atoms with Crippen molar-refractivity contribution in [3.05, 3.63) is 0 Å². The highest BCUT2D eigenvalue weighted by Crippen LogP contribution is 2.29. The molecule has 1 saturated carbocycles. The number of rotatable bonds is 4. The molecule has 1 saturated heterocycles. The minimum atomic E-state index is 0.157. The average molecular weight is 207 g/mol. The van der Waals surface area contributed by atoms with Crippen molar-refractivity contribution in [2.24, 2.45) is 5.92 Å². The Morgan fingerprint density at radius 2 is 2.27 bits per heavy atom. The SMILES string of the molecule is N#CCCN(C(=O)C1CCNC1)C1CC1. The van der Waals surface area contributed by atoms with E-state index in [0.29, 0.717) is 19.0 Å². The first-order chi connectivity index (χ1) is 7.33. The summed E-state index contributed by atoms with van der Waals surface area (Å²) in [6.07, 6.45) is 3.66. The summed E-state index contributed by atoms with van der Waals surface area (Å²) < 4.78 is 0. The van der Waals surface area contributed by atoms with Crippen molar-refractivity contribution in [2.75, 3.05) is 19.6 Å².